The average Bonchev–Trinajstić information content (AvgIpc) is 3.16. The zero-order valence-electron chi connectivity index (χ0n) is 17.3. The third-order valence-electron chi connectivity index (χ3n) is 5.20. The van der Waals surface area contributed by atoms with Crippen LogP contribution < -0.4 is 20.3 Å². The van der Waals surface area contributed by atoms with Crippen LogP contribution in [0.15, 0.2) is 48.5 Å². The largest absolute Gasteiger partial charge is 0.497 e. The van der Waals surface area contributed by atoms with E-state index in [1.54, 1.807) is 7.11 Å². The van der Waals surface area contributed by atoms with Crippen LogP contribution in [0.4, 0.5) is 10.5 Å². The van der Waals surface area contributed by atoms with Gasteiger partial charge >= 0.3 is 6.03 Å². The van der Waals surface area contributed by atoms with Crippen LogP contribution in [-0.2, 0) is 11.3 Å². The fourth-order valence-corrected chi connectivity index (χ4v) is 3.54. The van der Waals surface area contributed by atoms with Gasteiger partial charge in [-0.25, -0.2) is 4.79 Å². The molecule has 0 radical (unpaired) electrons. The fraction of sp³-hybridized carbons (Fsp3) is 0.391. The number of rotatable bonds is 7. The van der Waals surface area contributed by atoms with E-state index in [9.17, 15) is 9.59 Å². The Morgan fingerprint density at radius 3 is 2.34 bits per heavy atom. The molecule has 0 saturated carbocycles. The smallest absolute Gasteiger partial charge is 0.315 e. The van der Waals surface area contributed by atoms with Gasteiger partial charge in [0.15, 0.2) is 0 Å². The highest BCUT2D eigenvalue weighted by Gasteiger charge is 2.21. The molecule has 154 valence electrons. The number of urea groups is 1. The van der Waals surface area contributed by atoms with Gasteiger partial charge < -0.3 is 20.3 Å². The number of hydrogen-bond donors (Lipinski definition) is 2. The summed E-state index contributed by atoms with van der Waals surface area (Å²) >= 11 is 0. The minimum Gasteiger partial charge on any atom is -0.497 e. The lowest BCUT2D eigenvalue weighted by molar-refractivity contribution is -0.117. The van der Waals surface area contributed by atoms with Crippen LogP contribution >= 0.6 is 0 Å². The van der Waals surface area contributed by atoms with E-state index in [1.807, 2.05) is 53.4 Å². The Bertz CT molecular complexity index is 831. The van der Waals surface area contributed by atoms with Crippen molar-refractivity contribution >= 4 is 17.6 Å². The Balaban J connectivity index is 1.55. The minimum absolute atomic E-state index is 0.0931. The number of amides is 3. The molecule has 1 aliphatic rings. The quantitative estimate of drug-likeness (QED) is 0.744. The molecular formula is C23H29N3O3. The Hall–Kier alpha value is -3.02. The standard InChI is InChI=1S/C23H29N3O3/c1-16(2)22(18-8-12-20(29-3)13-9-18)25-23(28)24-15-17-6-10-19(11-7-17)26-14-4-5-21(26)27/h6-13,16,22H,4-5,14-15H2,1-3H3,(H2,24,25,28). The van der Waals surface area contributed by atoms with Crippen molar-refractivity contribution in [3.05, 3.63) is 59.7 Å². The summed E-state index contributed by atoms with van der Waals surface area (Å²) in [5, 5.41) is 5.98. The van der Waals surface area contributed by atoms with Crippen molar-refractivity contribution in [1.29, 1.82) is 0 Å². The maximum Gasteiger partial charge on any atom is 0.315 e. The van der Waals surface area contributed by atoms with Crippen LogP contribution in [-0.4, -0.2) is 25.6 Å². The summed E-state index contributed by atoms with van der Waals surface area (Å²) in [6, 6.07) is 15.2. The fourth-order valence-electron chi connectivity index (χ4n) is 3.54. The van der Waals surface area contributed by atoms with Crippen LogP contribution in [0.25, 0.3) is 0 Å². The van der Waals surface area contributed by atoms with E-state index in [0.717, 1.165) is 35.5 Å². The van der Waals surface area contributed by atoms with Crippen LogP contribution in [0.1, 0.15) is 43.9 Å². The van der Waals surface area contributed by atoms with E-state index in [1.165, 1.54) is 0 Å². The number of ether oxygens (including phenoxy) is 1. The second kappa shape index (κ2) is 9.45. The molecule has 6 heteroatoms. The molecule has 3 rings (SSSR count). The van der Waals surface area contributed by atoms with Crippen LogP contribution in [0.3, 0.4) is 0 Å². The van der Waals surface area contributed by atoms with Gasteiger partial charge in [0.05, 0.1) is 13.2 Å². The first kappa shape index (κ1) is 20.7. The highest BCUT2D eigenvalue weighted by Crippen LogP contribution is 2.24. The Morgan fingerprint density at radius 1 is 1.10 bits per heavy atom. The topological polar surface area (TPSA) is 70.7 Å². The second-order valence-electron chi connectivity index (χ2n) is 7.64. The van der Waals surface area contributed by atoms with Crippen molar-refractivity contribution in [2.75, 3.05) is 18.6 Å². The monoisotopic (exact) mass is 395 g/mol. The molecule has 1 atom stereocenters. The number of nitrogens with one attached hydrogen (secondary N) is 2. The molecule has 2 aromatic carbocycles. The number of hydrogen-bond acceptors (Lipinski definition) is 3. The van der Waals surface area contributed by atoms with Gasteiger partial charge in [0.1, 0.15) is 5.75 Å². The van der Waals surface area contributed by atoms with E-state index in [4.69, 9.17) is 4.74 Å². The molecule has 1 aliphatic heterocycles. The van der Waals surface area contributed by atoms with Crippen LogP contribution in [0.2, 0.25) is 0 Å². The maximum atomic E-state index is 12.4. The van der Waals surface area contributed by atoms with Gasteiger partial charge in [0, 0.05) is 25.2 Å². The molecule has 3 amide bonds. The van der Waals surface area contributed by atoms with Gasteiger partial charge in [-0.2, -0.15) is 0 Å². The third kappa shape index (κ3) is 5.28. The zero-order chi connectivity index (χ0) is 20.8. The molecule has 1 unspecified atom stereocenters. The number of carbonyl (C=O) groups excluding carboxylic acids is 2. The van der Waals surface area contributed by atoms with Gasteiger partial charge in [0.2, 0.25) is 5.91 Å². The Kier molecular flexibility index (Phi) is 6.75. The van der Waals surface area contributed by atoms with Crippen molar-refractivity contribution in [1.82, 2.24) is 10.6 Å². The van der Waals surface area contributed by atoms with E-state index in [2.05, 4.69) is 24.5 Å². The summed E-state index contributed by atoms with van der Waals surface area (Å²) in [6.45, 7) is 5.36. The highest BCUT2D eigenvalue weighted by atomic mass is 16.5. The van der Waals surface area contributed by atoms with E-state index in [0.29, 0.717) is 13.0 Å². The van der Waals surface area contributed by atoms with Gasteiger partial charge in [-0.1, -0.05) is 38.1 Å². The lowest BCUT2D eigenvalue weighted by Crippen LogP contribution is -2.39. The number of nitrogens with zero attached hydrogens (tertiary/aromatic N) is 1. The lowest BCUT2D eigenvalue weighted by Gasteiger charge is -2.23. The van der Waals surface area contributed by atoms with Crippen molar-refractivity contribution in [2.45, 2.75) is 39.3 Å². The molecule has 1 heterocycles. The molecule has 0 spiro atoms. The van der Waals surface area contributed by atoms with Gasteiger partial charge in [-0.15, -0.1) is 0 Å². The number of carbonyl (C=O) groups is 2. The number of benzene rings is 2. The molecule has 1 fully saturated rings. The first-order valence-electron chi connectivity index (χ1n) is 10.1. The highest BCUT2D eigenvalue weighted by molar-refractivity contribution is 5.95. The molecule has 0 bridgehead atoms. The Labute approximate surface area is 172 Å². The van der Waals surface area contributed by atoms with Crippen LogP contribution in [0, 0.1) is 5.92 Å². The summed E-state index contributed by atoms with van der Waals surface area (Å²) in [6.07, 6.45) is 1.53. The van der Waals surface area contributed by atoms with Crippen molar-refractivity contribution in [3.8, 4) is 5.75 Å². The zero-order valence-corrected chi connectivity index (χ0v) is 17.3. The molecule has 2 N–H and O–H groups in total. The summed E-state index contributed by atoms with van der Waals surface area (Å²) in [4.78, 5) is 26.1. The van der Waals surface area contributed by atoms with Gasteiger partial charge in [-0.3, -0.25) is 4.79 Å². The predicted octanol–water partition coefficient (Wildman–Crippen LogP) is 4.02. The lowest BCUT2D eigenvalue weighted by atomic mass is 9.96. The van der Waals surface area contributed by atoms with E-state index < -0.39 is 0 Å². The van der Waals surface area contributed by atoms with Crippen molar-refractivity contribution in [2.24, 2.45) is 5.92 Å². The van der Waals surface area contributed by atoms with Crippen molar-refractivity contribution < 1.29 is 14.3 Å². The molecule has 6 nitrogen and oxygen atoms in total. The number of anilines is 1. The van der Waals surface area contributed by atoms with E-state index >= 15 is 0 Å². The average molecular weight is 396 g/mol. The summed E-state index contributed by atoms with van der Waals surface area (Å²) in [5.74, 6) is 1.21. The van der Waals surface area contributed by atoms with E-state index in [-0.39, 0.29) is 23.9 Å². The maximum absolute atomic E-state index is 12.4. The molecule has 0 aromatic heterocycles. The first-order chi connectivity index (χ1) is 14.0. The molecular weight excluding hydrogens is 366 g/mol. The molecule has 29 heavy (non-hydrogen) atoms. The third-order valence-corrected chi connectivity index (χ3v) is 5.20. The van der Waals surface area contributed by atoms with Crippen molar-refractivity contribution in [3.63, 3.8) is 0 Å². The SMILES string of the molecule is COc1ccc(C(NC(=O)NCc2ccc(N3CCCC3=O)cc2)C(C)C)cc1. The number of methoxy groups -OCH3 is 1. The normalized spacial score (nSPS) is 14.8. The Morgan fingerprint density at radius 2 is 1.79 bits per heavy atom. The van der Waals surface area contributed by atoms with Crippen LogP contribution in [0.5, 0.6) is 5.75 Å². The van der Waals surface area contributed by atoms with Gasteiger partial charge in [-0.05, 0) is 47.7 Å². The second-order valence-corrected chi connectivity index (χ2v) is 7.64. The summed E-state index contributed by atoms with van der Waals surface area (Å²) < 4.78 is 5.20. The van der Waals surface area contributed by atoms with Gasteiger partial charge in [0.25, 0.3) is 0 Å². The molecule has 1 saturated heterocycles. The first-order valence-corrected chi connectivity index (χ1v) is 10.1. The predicted molar refractivity (Wildman–Crippen MR) is 114 cm³/mol. The molecule has 2 aromatic rings. The summed E-state index contributed by atoms with van der Waals surface area (Å²) in [7, 11) is 1.64. The minimum atomic E-state index is -0.210. The molecule has 0 aliphatic carbocycles. The summed E-state index contributed by atoms with van der Waals surface area (Å²) in [5.41, 5.74) is 2.94.